The van der Waals surface area contributed by atoms with Crippen LogP contribution < -0.4 is 0 Å². The van der Waals surface area contributed by atoms with Crippen LogP contribution in [0.15, 0.2) is 24.3 Å². The number of hydrogen-bond donors (Lipinski definition) is 0. The maximum Gasteiger partial charge on any atom is 0.179 e. The second-order valence-electron chi connectivity index (χ2n) is 6.25. The van der Waals surface area contributed by atoms with E-state index in [2.05, 4.69) is 31.2 Å². The third-order valence-corrected chi connectivity index (χ3v) is 4.19. The Hall–Kier alpha value is -0.500. The molecule has 0 aliphatic rings. The number of ether oxygens (including phenoxy) is 3. The van der Waals surface area contributed by atoms with Crippen molar-refractivity contribution in [3.8, 4) is 0 Å². The lowest BCUT2D eigenvalue weighted by molar-refractivity contribution is -0.147. The summed E-state index contributed by atoms with van der Waals surface area (Å²) in [6.07, 6.45) is 1.01. The van der Waals surface area contributed by atoms with Crippen LogP contribution in [-0.4, -0.2) is 43.4 Å². The van der Waals surface area contributed by atoms with Crippen molar-refractivity contribution < 1.29 is 19.0 Å². The van der Waals surface area contributed by atoms with Crippen molar-refractivity contribution in [2.45, 2.75) is 66.1 Å². The first-order valence-electron chi connectivity index (χ1n) is 8.80. The topological polar surface area (TPSA) is 44.8 Å². The van der Waals surface area contributed by atoms with Gasteiger partial charge in [0.25, 0.3) is 0 Å². The van der Waals surface area contributed by atoms with Crippen molar-refractivity contribution in [3.63, 3.8) is 0 Å². The molecule has 0 spiro atoms. The average Bonchev–Trinajstić information content (AvgIpc) is 2.64. The number of carbonyl (C=O) groups excluding carboxylic acids is 1. The SMILES string of the molecule is CC.COC(C)(C)C(C)(C)OC.COCCc1ccc(C)cc1.O=CI. The molecule has 4 nitrogen and oxygen atoms in total. The van der Waals surface area contributed by atoms with Crippen molar-refractivity contribution in [1.29, 1.82) is 0 Å². The van der Waals surface area contributed by atoms with Gasteiger partial charge in [0.1, 0.15) is 0 Å². The van der Waals surface area contributed by atoms with E-state index in [1.165, 1.54) is 11.1 Å². The molecule has 0 saturated heterocycles. The summed E-state index contributed by atoms with van der Waals surface area (Å²) in [6.45, 7) is 14.9. The van der Waals surface area contributed by atoms with Crippen LogP contribution in [-0.2, 0) is 25.4 Å². The van der Waals surface area contributed by atoms with Gasteiger partial charge in [-0.1, -0.05) is 43.7 Å². The fourth-order valence-electron chi connectivity index (χ4n) is 1.47. The Labute approximate surface area is 175 Å². The van der Waals surface area contributed by atoms with E-state index in [0.29, 0.717) is 0 Å². The van der Waals surface area contributed by atoms with Gasteiger partial charge < -0.3 is 14.2 Å². The van der Waals surface area contributed by atoms with Gasteiger partial charge >= 0.3 is 0 Å². The number of rotatable bonds is 6. The number of benzene rings is 1. The highest BCUT2D eigenvalue weighted by Gasteiger charge is 2.36. The minimum atomic E-state index is -0.234. The first-order valence-corrected chi connectivity index (χ1v) is 10.0. The van der Waals surface area contributed by atoms with Gasteiger partial charge in [-0.3, -0.25) is 4.79 Å². The Morgan fingerprint density at radius 2 is 1.27 bits per heavy atom. The maximum absolute atomic E-state index is 8.79. The van der Waals surface area contributed by atoms with E-state index in [9.17, 15) is 0 Å². The molecule has 0 unspecified atom stereocenters. The smallest absolute Gasteiger partial charge is 0.179 e. The van der Waals surface area contributed by atoms with E-state index >= 15 is 0 Å². The summed E-state index contributed by atoms with van der Waals surface area (Å²) in [5.74, 6) is 0. The van der Waals surface area contributed by atoms with Crippen molar-refractivity contribution >= 4 is 26.9 Å². The minimum Gasteiger partial charge on any atom is -0.384 e. The molecule has 1 aromatic carbocycles. The third-order valence-electron chi connectivity index (χ3n) is 4.19. The van der Waals surface area contributed by atoms with Gasteiger partial charge in [-0.05, 0) is 69.2 Å². The predicted molar refractivity (Wildman–Crippen MR) is 121 cm³/mol. The van der Waals surface area contributed by atoms with Crippen molar-refractivity contribution in [3.05, 3.63) is 35.4 Å². The lowest BCUT2D eigenvalue weighted by atomic mass is 9.89. The summed E-state index contributed by atoms with van der Waals surface area (Å²) in [5.41, 5.74) is 2.19. The normalized spacial score (nSPS) is 10.3. The average molecular weight is 482 g/mol. The molecule has 0 atom stereocenters. The maximum atomic E-state index is 8.79. The lowest BCUT2D eigenvalue weighted by Crippen LogP contribution is -2.48. The van der Waals surface area contributed by atoms with Gasteiger partial charge in [0.15, 0.2) is 4.29 Å². The quantitative estimate of drug-likeness (QED) is 0.298. The molecular formula is C21H39IO4. The summed E-state index contributed by atoms with van der Waals surface area (Å²) in [4.78, 5) is 8.79. The molecule has 1 aromatic rings. The molecule has 0 aliphatic carbocycles. The standard InChI is InChI=1S/C10H14O.C8H18O2.C2H6.CHIO/c1-9-3-5-10(6-4-9)7-8-11-2;1-7(2,9-5)8(3,4)10-6;1-2;2-1-3/h3-6H,7-8H2,1-2H3;1-6H3;1-2H3;1H. The van der Waals surface area contributed by atoms with E-state index in [0.717, 1.165) is 17.3 Å². The first kappa shape index (κ1) is 30.2. The number of carbonyl (C=O) groups is 1. The van der Waals surface area contributed by atoms with Crippen LogP contribution >= 0.6 is 22.6 Å². The van der Waals surface area contributed by atoms with Crippen LogP contribution in [0.25, 0.3) is 0 Å². The summed E-state index contributed by atoms with van der Waals surface area (Å²) >= 11 is 1.61. The Morgan fingerprint density at radius 1 is 0.923 bits per heavy atom. The van der Waals surface area contributed by atoms with Gasteiger partial charge in [0.05, 0.1) is 17.8 Å². The summed E-state index contributed by atoms with van der Waals surface area (Å²) < 4.78 is 16.2. The zero-order valence-electron chi connectivity index (χ0n) is 18.3. The first-order chi connectivity index (χ1) is 12.1. The van der Waals surface area contributed by atoms with Crippen LogP contribution in [0.5, 0.6) is 0 Å². The van der Waals surface area contributed by atoms with Crippen molar-refractivity contribution in [2.75, 3.05) is 27.9 Å². The Kier molecular flexibility index (Phi) is 20.8. The molecule has 0 amide bonds. The summed E-state index contributed by atoms with van der Waals surface area (Å²) in [7, 11) is 5.12. The fraction of sp³-hybridized carbons (Fsp3) is 0.667. The predicted octanol–water partition coefficient (Wildman–Crippen LogP) is 5.66. The molecule has 0 saturated carbocycles. The minimum absolute atomic E-state index is 0.234. The highest BCUT2D eigenvalue weighted by Crippen LogP contribution is 2.27. The second-order valence-corrected chi connectivity index (χ2v) is 6.75. The van der Waals surface area contributed by atoms with Crippen molar-refractivity contribution in [1.82, 2.24) is 0 Å². The molecule has 0 bridgehead atoms. The molecule has 1 rings (SSSR count). The molecule has 0 N–H and O–H groups in total. The largest absolute Gasteiger partial charge is 0.384 e. The van der Waals surface area contributed by atoms with Crippen LogP contribution in [0.4, 0.5) is 0 Å². The second kappa shape index (κ2) is 17.9. The molecule has 0 fully saturated rings. The van der Waals surface area contributed by atoms with Gasteiger partial charge in [-0.25, -0.2) is 0 Å². The van der Waals surface area contributed by atoms with E-state index in [1.54, 1.807) is 43.9 Å². The molecule has 0 radical (unpaired) electrons. The number of halogens is 1. The van der Waals surface area contributed by atoms with Crippen LogP contribution in [0, 0.1) is 6.92 Å². The zero-order chi connectivity index (χ0) is 21.2. The molecule has 0 aliphatic heterocycles. The molecule has 0 aromatic heterocycles. The van der Waals surface area contributed by atoms with E-state index in [-0.39, 0.29) is 11.2 Å². The highest BCUT2D eigenvalue weighted by molar-refractivity contribution is 14.1. The Bertz CT molecular complexity index is 414. The molecule has 154 valence electrons. The number of aryl methyl sites for hydroxylation is 1. The van der Waals surface area contributed by atoms with E-state index in [4.69, 9.17) is 19.0 Å². The van der Waals surface area contributed by atoms with E-state index < -0.39 is 0 Å². The summed E-state index contributed by atoms with van der Waals surface area (Å²) in [5, 5.41) is 0. The number of methoxy groups -OCH3 is 3. The van der Waals surface area contributed by atoms with Gasteiger partial charge in [-0.2, -0.15) is 0 Å². The molecule has 26 heavy (non-hydrogen) atoms. The fourth-order valence-corrected chi connectivity index (χ4v) is 1.47. The third kappa shape index (κ3) is 14.6. The van der Waals surface area contributed by atoms with E-state index in [1.807, 2.05) is 41.5 Å². The Balaban J connectivity index is -0.000000328. The van der Waals surface area contributed by atoms with Crippen LogP contribution in [0.2, 0.25) is 0 Å². The molecule has 5 heteroatoms. The lowest BCUT2D eigenvalue weighted by Gasteiger charge is -2.38. The highest BCUT2D eigenvalue weighted by atomic mass is 127. The van der Waals surface area contributed by atoms with Crippen LogP contribution in [0.3, 0.4) is 0 Å². The zero-order valence-corrected chi connectivity index (χ0v) is 20.5. The number of hydrogen-bond acceptors (Lipinski definition) is 4. The molecule has 0 heterocycles. The van der Waals surface area contributed by atoms with Gasteiger partial charge in [0.2, 0.25) is 0 Å². The van der Waals surface area contributed by atoms with Crippen molar-refractivity contribution in [2.24, 2.45) is 0 Å². The van der Waals surface area contributed by atoms with Crippen LogP contribution in [0.1, 0.15) is 52.7 Å². The Morgan fingerprint density at radius 3 is 1.54 bits per heavy atom. The summed E-state index contributed by atoms with van der Waals surface area (Å²) in [6, 6.07) is 8.55. The molecular weight excluding hydrogens is 443 g/mol. The van der Waals surface area contributed by atoms with Gasteiger partial charge in [0, 0.05) is 21.3 Å². The monoisotopic (exact) mass is 482 g/mol. The van der Waals surface area contributed by atoms with Gasteiger partial charge in [-0.15, -0.1) is 0 Å².